The van der Waals surface area contributed by atoms with E-state index in [9.17, 15) is 10.2 Å². The van der Waals surface area contributed by atoms with Crippen molar-refractivity contribution in [1.29, 1.82) is 0 Å². The second-order valence-electron chi connectivity index (χ2n) is 8.01. The summed E-state index contributed by atoms with van der Waals surface area (Å²) in [6.07, 6.45) is 8.57. The lowest BCUT2D eigenvalue weighted by Crippen LogP contribution is -2.45. The van der Waals surface area contributed by atoms with Gasteiger partial charge in [0.2, 0.25) is 0 Å². The Kier molecular flexibility index (Phi) is 9.01. The smallest absolute Gasteiger partial charge is 0.0540 e. The van der Waals surface area contributed by atoms with Crippen LogP contribution < -0.4 is 0 Å². The van der Waals surface area contributed by atoms with Crippen LogP contribution in [0.25, 0.3) is 0 Å². The molecule has 0 aromatic heterocycles. The molecular formula is C20H40O2. The molecule has 0 aromatic rings. The molecule has 0 amide bonds. The van der Waals surface area contributed by atoms with Crippen LogP contribution in [0.15, 0.2) is 0 Å². The zero-order chi connectivity index (χ0) is 16.7. The monoisotopic (exact) mass is 312 g/mol. The maximum Gasteiger partial charge on any atom is 0.0540 e. The Balaban J connectivity index is 2.43. The van der Waals surface area contributed by atoms with Crippen LogP contribution in [-0.4, -0.2) is 22.4 Å². The van der Waals surface area contributed by atoms with Crippen molar-refractivity contribution in [2.45, 2.75) is 98.2 Å². The van der Waals surface area contributed by atoms with E-state index in [0.29, 0.717) is 5.92 Å². The Morgan fingerprint density at radius 3 is 2.14 bits per heavy atom. The molecule has 7 unspecified atom stereocenters. The first kappa shape index (κ1) is 20.0. The minimum absolute atomic E-state index is 0.0943. The number of unbranched alkanes of at least 4 members (excludes halogenated alkanes) is 1. The zero-order valence-electron chi connectivity index (χ0n) is 15.6. The quantitative estimate of drug-likeness (QED) is 0.562. The van der Waals surface area contributed by atoms with Crippen molar-refractivity contribution < 1.29 is 10.2 Å². The van der Waals surface area contributed by atoms with Crippen LogP contribution in [0.4, 0.5) is 0 Å². The summed E-state index contributed by atoms with van der Waals surface area (Å²) in [6, 6.07) is 0. The molecule has 1 aliphatic rings. The molecule has 2 nitrogen and oxygen atoms in total. The van der Waals surface area contributed by atoms with Gasteiger partial charge in [0.05, 0.1) is 12.2 Å². The number of rotatable bonds is 11. The first-order chi connectivity index (χ1) is 10.4. The van der Waals surface area contributed by atoms with Gasteiger partial charge < -0.3 is 10.2 Å². The maximum absolute atomic E-state index is 10.1. The molecule has 0 aromatic carbocycles. The van der Waals surface area contributed by atoms with Gasteiger partial charge in [-0.3, -0.25) is 0 Å². The first-order valence-electron chi connectivity index (χ1n) is 9.76. The van der Waals surface area contributed by atoms with Gasteiger partial charge in [-0.15, -0.1) is 0 Å². The van der Waals surface area contributed by atoms with Crippen LogP contribution in [-0.2, 0) is 0 Å². The average Bonchev–Trinajstić information content (AvgIpc) is 2.49. The highest BCUT2D eigenvalue weighted by Gasteiger charge is 2.44. The third-order valence-corrected chi connectivity index (χ3v) is 6.31. The molecule has 7 atom stereocenters. The summed E-state index contributed by atoms with van der Waals surface area (Å²) in [5, 5.41) is 19.8. The SMILES string of the molecule is CCCCC(O)CCC1C(C)C(C)C1CC(CC)CC(C)O. The van der Waals surface area contributed by atoms with Crippen LogP contribution in [0.3, 0.4) is 0 Å². The van der Waals surface area contributed by atoms with Crippen LogP contribution in [0.2, 0.25) is 0 Å². The van der Waals surface area contributed by atoms with Crippen molar-refractivity contribution in [3.05, 3.63) is 0 Å². The highest BCUT2D eigenvalue weighted by atomic mass is 16.3. The summed E-state index contributed by atoms with van der Waals surface area (Å²) >= 11 is 0. The molecule has 1 aliphatic carbocycles. The molecule has 1 fully saturated rings. The molecule has 1 saturated carbocycles. The van der Waals surface area contributed by atoms with Gasteiger partial charge in [0, 0.05) is 0 Å². The van der Waals surface area contributed by atoms with E-state index in [1.165, 1.54) is 25.7 Å². The first-order valence-corrected chi connectivity index (χ1v) is 9.76. The van der Waals surface area contributed by atoms with E-state index in [-0.39, 0.29) is 12.2 Å². The van der Waals surface area contributed by atoms with Crippen molar-refractivity contribution in [1.82, 2.24) is 0 Å². The Morgan fingerprint density at radius 1 is 0.955 bits per heavy atom. The van der Waals surface area contributed by atoms with Gasteiger partial charge in [-0.1, -0.05) is 47.0 Å². The molecule has 22 heavy (non-hydrogen) atoms. The minimum atomic E-state index is -0.174. The van der Waals surface area contributed by atoms with Crippen LogP contribution >= 0.6 is 0 Å². The van der Waals surface area contributed by atoms with Gasteiger partial charge in [0.1, 0.15) is 0 Å². The average molecular weight is 313 g/mol. The second-order valence-corrected chi connectivity index (χ2v) is 8.01. The van der Waals surface area contributed by atoms with E-state index in [1.54, 1.807) is 0 Å². The van der Waals surface area contributed by atoms with Gasteiger partial charge in [0.25, 0.3) is 0 Å². The van der Waals surface area contributed by atoms with Gasteiger partial charge in [-0.05, 0) is 68.6 Å². The molecule has 0 saturated heterocycles. The largest absolute Gasteiger partial charge is 0.393 e. The Bertz CT molecular complexity index is 289. The van der Waals surface area contributed by atoms with Gasteiger partial charge in [-0.2, -0.15) is 0 Å². The fourth-order valence-corrected chi connectivity index (χ4v) is 4.55. The number of aliphatic hydroxyl groups excluding tert-OH is 2. The van der Waals surface area contributed by atoms with Crippen LogP contribution in [0.5, 0.6) is 0 Å². The van der Waals surface area contributed by atoms with E-state index < -0.39 is 0 Å². The predicted molar refractivity (Wildman–Crippen MR) is 94.8 cm³/mol. The maximum atomic E-state index is 10.1. The predicted octanol–water partition coefficient (Wildman–Crippen LogP) is 5.02. The van der Waals surface area contributed by atoms with Crippen molar-refractivity contribution in [2.75, 3.05) is 0 Å². The molecule has 132 valence electrons. The van der Waals surface area contributed by atoms with Crippen LogP contribution in [0.1, 0.15) is 86.0 Å². The van der Waals surface area contributed by atoms with Gasteiger partial charge >= 0.3 is 0 Å². The molecule has 0 aliphatic heterocycles. The third kappa shape index (κ3) is 5.85. The normalized spacial score (nSPS) is 32.3. The zero-order valence-corrected chi connectivity index (χ0v) is 15.6. The van der Waals surface area contributed by atoms with Crippen molar-refractivity contribution in [2.24, 2.45) is 29.6 Å². The number of aliphatic hydroxyl groups is 2. The lowest BCUT2D eigenvalue weighted by Gasteiger charge is -2.51. The molecular weight excluding hydrogens is 272 g/mol. The third-order valence-electron chi connectivity index (χ3n) is 6.31. The summed E-state index contributed by atoms with van der Waals surface area (Å²) in [7, 11) is 0. The molecule has 0 heterocycles. The number of hydrogen-bond donors (Lipinski definition) is 2. The molecule has 1 rings (SSSR count). The lowest BCUT2D eigenvalue weighted by molar-refractivity contribution is -0.0317. The Hall–Kier alpha value is -0.0800. The summed E-state index contributed by atoms with van der Waals surface area (Å²) in [5.41, 5.74) is 0. The van der Waals surface area contributed by atoms with E-state index >= 15 is 0 Å². The fourth-order valence-electron chi connectivity index (χ4n) is 4.55. The van der Waals surface area contributed by atoms with Gasteiger partial charge in [0.15, 0.2) is 0 Å². The summed E-state index contributed by atoms with van der Waals surface area (Å²) in [5.74, 6) is 3.85. The van der Waals surface area contributed by atoms with E-state index in [1.807, 2.05) is 6.92 Å². The molecule has 2 N–H and O–H groups in total. The highest BCUT2D eigenvalue weighted by molar-refractivity contribution is 4.93. The van der Waals surface area contributed by atoms with E-state index in [0.717, 1.165) is 49.4 Å². The topological polar surface area (TPSA) is 40.5 Å². The number of hydrogen-bond acceptors (Lipinski definition) is 2. The molecule has 0 bridgehead atoms. The molecule has 0 radical (unpaired) electrons. The van der Waals surface area contributed by atoms with E-state index in [2.05, 4.69) is 27.7 Å². The van der Waals surface area contributed by atoms with Crippen molar-refractivity contribution in [3.8, 4) is 0 Å². The molecule has 2 heteroatoms. The Morgan fingerprint density at radius 2 is 1.59 bits per heavy atom. The van der Waals surface area contributed by atoms with E-state index in [4.69, 9.17) is 0 Å². The highest BCUT2D eigenvalue weighted by Crippen LogP contribution is 2.51. The van der Waals surface area contributed by atoms with Crippen molar-refractivity contribution in [3.63, 3.8) is 0 Å². The Labute approximate surface area is 138 Å². The molecule has 0 spiro atoms. The van der Waals surface area contributed by atoms with Gasteiger partial charge in [-0.25, -0.2) is 0 Å². The summed E-state index contributed by atoms with van der Waals surface area (Å²) in [6.45, 7) is 11.1. The lowest BCUT2D eigenvalue weighted by atomic mass is 9.54. The fraction of sp³-hybridized carbons (Fsp3) is 1.00. The summed E-state index contributed by atoms with van der Waals surface area (Å²) < 4.78 is 0. The second kappa shape index (κ2) is 9.93. The van der Waals surface area contributed by atoms with Crippen molar-refractivity contribution >= 4 is 0 Å². The minimum Gasteiger partial charge on any atom is -0.393 e. The summed E-state index contributed by atoms with van der Waals surface area (Å²) in [4.78, 5) is 0. The standard InChI is InChI=1S/C20H40O2/c1-6-8-9-18(22)10-11-19-15(4)16(5)20(19)13-17(7-2)12-14(3)21/h14-22H,6-13H2,1-5H3. The van der Waals surface area contributed by atoms with Crippen LogP contribution in [0, 0.1) is 29.6 Å².